The molecule has 0 unspecified atom stereocenters. The van der Waals surface area contributed by atoms with Crippen molar-refractivity contribution in [3.63, 3.8) is 0 Å². The number of nitrogens with two attached hydrogens (primary N) is 1. The van der Waals surface area contributed by atoms with Crippen LogP contribution < -0.4 is 5.73 Å². The maximum Gasteiger partial charge on any atom is 0.152 e. The van der Waals surface area contributed by atoms with Crippen molar-refractivity contribution < 1.29 is 4.74 Å². The summed E-state index contributed by atoms with van der Waals surface area (Å²) >= 11 is 12.7. The Morgan fingerprint density at radius 1 is 1.30 bits per heavy atom. The molecule has 0 aromatic heterocycles. The maximum atomic E-state index is 6.48. The second-order valence-corrected chi connectivity index (χ2v) is 9.09. The van der Waals surface area contributed by atoms with E-state index in [1.165, 1.54) is 0 Å². The van der Waals surface area contributed by atoms with E-state index in [1.807, 2.05) is 31.5 Å². The van der Waals surface area contributed by atoms with E-state index in [1.54, 1.807) is 12.1 Å². The number of likely N-dealkylation sites (tertiary alicyclic amines) is 1. The number of hydrogen-bond donors (Lipinski definition) is 1. The normalized spacial score (nSPS) is 27.4. The number of allylic oxidation sites excluding steroid dienone is 2. The van der Waals surface area contributed by atoms with Gasteiger partial charge in [0, 0.05) is 37.2 Å². The van der Waals surface area contributed by atoms with Crippen LogP contribution in [0.2, 0.25) is 10.0 Å². The molecule has 4 rings (SSSR count). The summed E-state index contributed by atoms with van der Waals surface area (Å²) in [5.41, 5.74) is 9.29. The molecule has 0 saturated carbocycles. The van der Waals surface area contributed by atoms with E-state index in [4.69, 9.17) is 38.7 Å². The summed E-state index contributed by atoms with van der Waals surface area (Å²) in [4.78, 5) is 9.27. The molecular formula is C23H28Cl2N4O. The zero-order valence-electron chi connectivity index (χ0n) is 17.4. The van der Waals surface area contributed by atoms with Gasteiger partial charge in [-0.05, 0) is 31.9 Å². The molecule has 2 saturated heterocycles. The van der Waals surface area contributed by atoms with Crippen LogP contribution in [0.4, 0.5) is 0 Å². The minimum atomic E-state index is 0.0780. The van der Waals surface area contributed by atoms with Gasteiger partial charge in [-0.15, -0.1) is 0 Å². The van der Waals surface area contributed by atoms with Gasteiger partial charge in [0.1, 0.15) is 0 Å². The van der Waals surface area contributed by atoms with Gasteiger partial charge in [-0.1, -0.05) is 48.0 Å². The van der Waals surface area contributed by atoms with Crippen molar-refractivity contribution in [2.75, 3.05) is 26.7 Å². The minimum Gasteiger partial charge on any atom is -0.376 e. The molecule has 5 nitrogen and oxygen atoms in total. The van der Waals surface area contributed by atoms with Crippen LogP contribution >= 0.6 is 23.2 Å². The van der Waals surface area contributed by atoms with Gasteiger partial charge in [0.25, 0.3) is 0 Å². The Kier molecular flexibility index (Phi) is 5.99. The highest BCUT2D eigenvalue weighted by molar-refractivity contribution is 6.43. The summed E-state index contributed by atoms with van der Waals surface area (Å²) in [7, 11) is 2.01. The van der Waals surface area contributed by atoms with E-state index in [9.17, 15) is 0 Å². The topological polar surface area (TPSA) is 54.1 Å². The second kappa shape index (κ2) is 8.39. The van der Waals surface area contributed by atoms with Gasteiger partial charge < -0.3 is 20.3 Å². The lowest BCUT2D eigenvalue weighted by atomic mass is 9.73. The van der Waals surface area contributed by atoms with Gasteiger partial charge in [-0.3, -0.25) is 0 Å². The molecule has 30 heavy (non-hydrogen) atoms. The van der Waals surface area contributed by atoms with Gasteiger partial charge >= 0.3 is 0 Å². The summed E-state index contributed by atoms with van der Waals surface area (Å²) < 4.78 is 5.86. The first-order valence-electron chi connectivity index (χ1n) is 10.3. The fraction of sp³-hybridized carbons (Fsp3) is 0.435. The van der Waals surface area contributed by atoms with Gasteiger partial charge in [-0.2, -0.15) is 0 Å². The fourth-order valence-corrected chi connectivity index (χ4v) is 5.08. The summed E-state index contributed by atoms with van der Waals surface area (Å²) in [6, 6.07) is 5.73. The number of piperidine rings is 1. The second-order valence-electron chi connectivity index (χ2n) is 8.31. The molecule has 1 spiro atoms. The highest BCUT2D eigenvalue weighted by Gasteiger charge is 2.48. The number of aliphatic imine (C=N–C) groups is 1. The lowest BCUT2D eigenvalue weighted by Gasteiger charge is -2.44. The van der Waals surface area contributed by atoms with Crippen molar-refractivity contribution >= 4 is 34.7 Å². The zero-order valence-corrected chi connectivity index (χ0v) is 19.0. The Bertz CT molecular complexity index is 931. The number of nitrogens with zero attached hydrogens (tertiary/aromatic N) is 3. The molecule has 0 amide bonds. The SMILES string of the molecule is C=C/C=C1/C(N2CCC3(CC2)CO[C@@H](C)[C@H]3N)=NC=C(c2cccc(Cl)c2Cl)N1C. The monoisotopic (exact) mass is 446 g/mol. The Morgan fingerprint density at radius 2 is 2.03 bits per heavy atom. The Hall–Kier alpha value is -1.79. The van der Waals surface area contributed by atoms with Crippen LogP contribution in [0.5, 0.6) is 0 Å². The zero-order chi connectivity index (χ0) is 21.5. The number of amidine groups is 1. The van der Waals surface area contributed by atoms with E-state index in [0.29, 0.717) is 10.0 Å². The van der Waals surface area contributed by atoms with Crippen molar-refractivity contribution in [2.45, 2.75) is 31.9 Å². The van der Waals surface area contributed by atoms with Crippen molar-refractivity contribution in [1.82, 2.24) is 9.80 Å². The molecule has 1 aromatic carbocycles. The molecule has 160 valence electrons. The third kappa shape index (κ3) is 3.58. The van der Waals surface area contributed by atoms with E-state index in [2.05, 4.69) is 23.3 Å². The molecule has 7 heteroatoms. The van der Waals surface area contributed by atoms with Crippen LogP contribution in [0.1, 0.15) is 25.3 Å². The first kappa shape index (κ1) is 21.4. The number of likely N-dealkylation sites (N-methyl/N-ethyl adjacent to an activating group) is 1. The molecule has 0 bridgehead atoms. The highest BCUT2D eigenvalue weighted by Crippen LogP contribution is 2.42. The summed E-state index contributed by atoms with van der Waals surface area (Å²) in [5.74, 6) is 0.940. The van der Waals surface area contributed by atoms with Crippen LogP contribution in [0.15, 0.2) is 53.8 Å². The average Bonchev–Trinajstić information content (AvgIpc) is 3.01. The Balaban J connectivity index is 1.62. The molecule has 0 aliphatic carbocycles. The lowest BCUT2D eigenvalue weighted by Crippen LogP contribution is -2.52. The first-order valence-corrected chi connectivity index (χ1v) is 11.0. The van der Waals surface area contributed by atoms with Crippen LogP contribution in [0.3, 0.4) is 0 Å². The van der Waals surface area contributed by atoms with E-state index >= 15 is 0 Å². The molecule has 2 fully saturated rings. The van der Waals surface area contributed by atoms with Crippen molar-refractivity contribution in [3.05, 3.63) is 64.4 Å². The highest BCUT2D eigenvalue weighted by atomic mass is 35.5. The predicted molar refractivity (Wildman–Crippen MR) is 125 cm³/mol. The van der Waals surface area contributed by atoms with Crippen LogP contribution in [-0.4, -0.2) is 54.5 Å². The lowest BCUT2D eigenvalue weighted by molar-refractivity contribution is 0.0838. The smallest absolute Gasteiger partial charge is 0.152 e. The number of rotatable bonds is 2. The maximum absolute atomic E-state index is 6.48. The van der Waals surface area contributed by atoms with E-state index in [-0.39, 0.29) is 17.6 Å². The minimum absolute atomic E-state index is 0.0780. The largest absolute Gasteiger partial charge is 0.376 e. The molecule has 1 aromatic rings. The standard InChI is InChI=1S/C23H28Cl2N4O/c1-4-6-18-22(29-11-9-23(10-12-29)14-30-15(2)21(23)26)27-13-19(28(18)3)16-7-5-8-17(24)20(16)25/h4-8,13,15,21H,1,9-12,14,26H2,2-3H3/b18-6-/t15-,21+/m0/s1. The third-order valence-electron chi connectivity index (χ3n) is 6.67. The molecule has 3 aliphatic heterocycles. The van der Waals surface area contributed by atoms with E-state index in [0.717, 1.165) is 55.3 Å². The fourth-order valence-electron chi connectivity index (χ4n) is 4.68. The number of hydrogen-bond acceptors (Lipinski definition) is 5. The van der Waals surface area contributed by atoms with Crippen molar-refractivity contribution in [2.24, 2.45) is 16.1 Å². The van der Waals surface area contributed by atoms with Gasteiger partial charge in [0.2, 0.25) is 0 Å². The molecule has 3 aliphatic rings. The van der Waals surface area contributed by atoms with E-state index < -0.39 is 0 Å². The quantitative estimate of drug-likeness (QED) is 0.724. The summed E-state index contributed by atoms with van der Waals surface area (Å²) in [5, 5.41) is 1.05. The average molecular weight is 447 g/mol. The number of ether oxygens (including phenoxy) is 1. The Morgan fingerprint density at radius 3 is 2.67 bits per heavy atom. The molecule has 3 heterocycles. The molecule has 0 radical (unpaired) electrons. The molecule has 2 atom stereocenters. The van der Waals surface area contributed by atoms with Crippen LogP contribution in [0.25, 0.3) is 5.70 Å². The third-order valence-corrected chi connectivity index (χ3v) is 7.49. The van der Waals surface area contributed by atoms with Crippen LogP contribution in [0, 0.1) is 5.41 Å². The van der Waals surface area contributed by atoms with Gasteiger partial charge in [-0.25, -0.2) is 4.99 Å². The van der Waals surface area contributed by atoms with Gasteiger partial charge in [0.05, 0.1) is 40.4 Å². The number of halogens is 2. The Labute approximate surface area is 188 Å². The first-order chi connectivity index (χ1) is 14.4. The van der Waals surface area contributed by atoms with Crippen molar-refractivity contribution in [3.8, 4) is 0 Å². The van der Waals surface area contributed by atoms with Crippen LogP contribution in [-0.2, 0) is 4.74 Å². The molecule has 2 N–H and O–H groups in total. The summed E-state index contributed by atoms with van der Waals surface area (Å²) in [6.07, 6.45) is 7.76. The predicted octanol–water partition coefficient (Wildman–Crippen LogP) is 4.53. The number of benzene rings is 1. The van der Waals surface area contributed by atoms with Gasteiger partial charge in [0.15, 0.2) is 5.84 Å². The molecular weight excluding hydrogens is 419 g/mol. The summed E-state index contributed by atoms with van der Waals surface area (Å²) in [6.45, 7) is 8.51. The van der Waals surface area contributed by atoms with Crippen molar-refractivity contribution in [1.29, 1.82) is 0 Å².